The van der Waals surface area contributed by atoms with Gasteiger partial charge in [0.05, 0.1) is 23.0 Å². The largest absolute Gasteiger partial charge is 0.290 e. The van der Waals surface area contributed by atoms with Crippen molar-refractivity contribution in [2.24, 2.45) is 0 Å². The van der Waals surface area contributed by atoms with Crippen molar-refractivity contribution in [3.05, 3.63) is 31.1 Å². The molecule has 0 amide bonds. The number of nitriles is 1. The van der Waals surface area contributed by atoms with Crippen LogP contribution in [0.5, 0.6) is 0 Å². The van der Waals surface area contributed by atoms with Crippen LogP contribution in [0.1, 0.15) is 17.7 Å². The van der Waals surface area contributed by atoms with Crippen LogP contribution >= 0.6 is 22.6 Å². The van der Waals surface area contributed by atoms with Gasteiger partial charge in [-0.2, -0.15) is 5.26 Å². The summed E-state index contributed by atoms with van der Waals surface area (Å²) in [5.41, 5.74) is -1.48. The van der Waals surface area contributed by atoms with Crippen LogP contribution in [0.3, 0.4) is 0 Å². The quantitative estimate of drug-likeness (QED) is 0.482. The summed E-state index contributed by atoms with van der Waals surface area (Å²) in [6.07, 6.45) is -2.39. The molecule has 84 valence electrons. The summed E-state index contributed by atoms with van der Waals surface area (Å²) in [5.74, 6) is 0. The lowest BCUT2D eigenvalue weighted by Crippen LogP contribution is -2.05. The number of aromatic nitrogens is 1. The van der Waals surface area contributed by atoms with E-state index in [4.69, 9.17) is 5.26 Å². The predicted molar refractivity (Wildman–Crippen MR) is 57.9 cm³/mol. The molecule has 0 aliphatic rings. The lowest BCUT2D eigenvalue weighted by atomic mass is 10.1. The fourth-order valence-electron chi connectivity index (χ4n) is 1.17. The van der Waals surface area contributed by atoms with Gasteiger partial charge < -0.3 is 0 Å². The summed E-state index contributed by atoms with van der Waals surface area (Å²) in [7, 11) is 0. The van der Waals surface area contributed by atoms with E-state index in [1.54, 1.807) is 28.7 Å². The lowest BCUT2D eigenvalue weighted by molar-refractivity contribution is -0.386. The van der Waals surface area contributed by atoms with E-state index in [-0.39, 0.29) is 9.13 Å². The molecule has 0 aromatic carbocycles. The number of pyridine rings is 1. The predicted octanol–water partition coefficient (Wildman–Crippen LogP) is 2.60. The monoisotopic (exact) mass is 339 g/mol. The lowest BCUT2D eigenvalue weighted by Gasteiger charge is -2.06. The first-order valence-corrected chi connectivity index (χ1v) is 5.03. The fourth-order valence-corrected chi connectivity index (χ4v) is 1.83. The van der Waals surface area contributed by atoms with Crippen LogP contribution in [0.25, 0.3) is 0 Å². The Morgan fingerprint density at radius 3 is 2.75 bits per heavy atom. The minimum absolute atomic E-state index is 0.136. The molecule has 0 saturated heterocycles. The van der Waals surface area contributed by atoms with Crippen molar-refractivity contribution in [2.75, 3.05) is 0 Å². The molecule has 5 nitrogen and oxygen atoms in total. The highest BCUT2D eigenvalue weighted by atomic mass is 127. The molecule has 1 rings (SSSR count). The van der Waals surface area contributed by atoms with Crippen molar-refractivity contribution < 1.29 is 13.7 Å². The summed E-state index contributed by atoms with van der Waals surface area (Å²) in [6.45, 7) is 0. The highest BCUT2D eigenvalue weighted by molar-refractivity contribution is 14.1. The van der Waals surface area contributed by atoms with Crippen LogP contribution < -0.4 is 0 Å². The van der Waals surface area contributed by atoms with Gasteiger partial charge in [-0.15, -0.1) is 0 Å². The van der Waals surface area contributed by atoms with E-state index in [9.17, 15) is 18.9 Å². The van der Waals surface area contributed by atoms with Crippen molar-refractivity contribution in [3.8, 4) is 6.07 Å². The molecule has 0 fully saturated rings. The van der Waals surface area contributed by atoms with Gasteiger partial charge in [0.2, 0.25) is 0 Å². The third kappa shape index (κ3) is 2.41. The Kier molecular flexibility index (Phi) is 4.05. The fraction of sp³-hybridized carbons (Fsp3) is 0.250. The number of rotatable bonds is 3. The van der Waals surface area contributed by atoms with Gasteiger partial charge in [0.25, 0.3) is 12.1 Å². The van der Waals surface area contributed by atoms with E-state index in [0.29, 0.717) is 0 Å². The second-order valence-corrected chi connectivity index (χ2v) is 3.87. The Bertz CT molecular complexity index is 473. The first kappa shape index (κ1) is 12.7. The third-order valence-corrected chi connectivity index (χ3v) is 2.57. The zero-order chi connectivity index (χ0) is 12.3. The van der Waals surface area contributed by atoms with Crippen LogP contribution in [-0.2, 0) is 6.42 Å². The SMILES string of the molecule is N#CCc1c(C(F)F)ncc(I)c1[N+](=O)[O-]. The number of nitrogens with zero attached hydrogens (tertiary/aromatic N) is 3. The molecule has 0 radical (unpaired) electrons. The van der Waals surface area contributed by atoms with Crippen LogP contribution in [0.4, 0.5) is 14.5 Å². The summed E-state index contributed by atoms with van der Waals surface area (Å²) in [6, 6.07) is 1.62. The molecule has 0 saturated carbocycles. The van der Waals surface area contributed by atoms with Crippen LogP contribution in [0.2, 0.25) is 0 Å². The van der Waals surface area contributed by atoms with Gasteiger partial charge in [-0.25, -0.2) is 8.78 Å². The van der Waals surface area contributed by atoms with Gasteiger partial charge in [0, 0.05) is 6.20 Å². The number of hydrogen-bond acceptors (Lipinski definition) is 4. The average Bonchev–Trinajstić information content (AvgIpc) is 2.17. The minimum Gasteiger partial charge on any atom is -0.258 e. The summed E-state index contributed by atoms with van der Waals surface area (Å²) in [5, 5.41) is 19.2. The van der Waals surface area contributed by atoms with E-state index in [1.807, 2.05) is 0 Å². The first-order valence-electron chi connectivity index (χ1n) is 3.95. The number of nitro groups is 1. The van der Waals surface area contributed by atoms with E-state index < -0.39 is 29.2 Å². The molecule has 0 bridgehead atoms. The van der Waals surface area contributed by atoms with E-state index in [1.165, 1.54) is 0 Å². The second-order valence-electron chi connectivity index (χ2n) is 2.71. The summed E-state index contributed by atoms with van der Waals surface area (Å²) >= 11 is 1.62. The molecule has 0 atom stereocenters. The van der Waals surface area contributed by atoms with Crippen LogP contribution in [0, 0.1) is 25.0 Å². The van der Waals surface area contributed by atoms with Gasteiger partial charge in [-0.05, 0) is 22.6 Å². The van der Waals surface area contributed by atoms with Crippen molar-refractivity contribution in [1.82, 2.24) is 4.98 Å². The van der Waals surface area contributed by atoms with E-state index in [2.05, 4.69) is 4.98 Å². The number of hydrogen-bond donors (Lipinski definition) is 0. The Morgan fingerprint density at radius 2 is 2.31 bits per heavy atom. The highest BCUT2D eigenvalue weighted by Gasteiger charge is 2.26. The first-order chi connectivity index (χ1) is 7.49. The summed E-state index contributed by atoms with van der Waals surface area (Å²) in [4.78, 5) is 13.4. The molecular formula is C8H4F2IN3O2. The maximum Gasteiger partial charge on any atom is 0.290 e. The van der Waals surface area contributed by atoms with Crippen molar-refractivity contribution >= 4 is 28.3 Å². The highest BCUT2D eigenvalue weighted by Crippen LogP contribution is 2.31. The maximum atomic E-state index is 12.5. The molecule has 0 unspecified atom stereocenters. The third-order valence-electron chi connectivity index (χ3n) is 1.78. The minimum atomic E-state index is -2.93. The Labute approximate surface area is 102 Å². The molecule has 0 aliphatic heterocycles. The number of alkyl halides is 2. The van der Waals surface area contributed by atoms with Crippen LogP contribution in [-0.4, -0.2) is 9.91 Å². The zero-order valence-electron chi connectivity index (χ0n) is 7.65. The van der Waals surface area contributed by atoms with Gasteiger partial charge in [-0.1, -0.05) is 0 Å². The molecule has 1 aromatic heterocycles. The van der Waals surface area contributed by atoms with Crippen molar-refractivity contribution in [2.45, 2.75) is 12.8 Å². The molecular weight excluding hydrogens is 335 g/mol. The van der Waals surface area contributed by atoms with Gasteiger partial charge in [0.15, 0.2) is 0 Å². The smallest absolute Gasteiger partial charge is 0.258 e. The second kappa shape index (κ2) is 5.11. The summed E-state index contributed by atoms with van der Waals surface area (Å²) < 4.78 is 25.2. The average molecular weight is 339 g/mol. The standard InChI is InChI=1S/C8H4F2IN3O2/c9-8(10)6-4(1-2-12)7(14(15)16)5(11)3-13-6/h3,8H,1H2. The topological polar surface area (TPSA) is 79.8 Å². The molecule has 8 heteroatoms. The maximum absolute atomic E-state index is 12.5. The van der Waals surface area contributed by atoms with E-state index in [0.717, 1.165) is 6.20 Å². The van der Waals surface area contributed by atoms with Gasteiger partial charge in [0.1, 0.15) is 9.26 Å². The molecule has 0 aliphatic carbocycles. The Balaban J connectivity index is 3.51. The Hall–Kier alpha value is -1.37. The van der Waals surface area contributed by atoms with Crippen LogP contribution in [0.15, 0.2) is 6.20 Å². The normalized spacial score (nSPS) is 10.2. The van der Waals surface area contributed by atoms with Crippen molar-refractivity contribution in [1.29, 1.82) is 5.26 Å². The van der Waals surface area contributed by atoms with Gasteiger partial charge >= 0.3 is 0 Å². The van der Waals surface area contributed by atoms with E-state index >= 15 is 0 Å². The molecule has 0 spiro atoms. The van der Waals surface area contributed by atoms with Gasteiger partial charge in [-0.3, -0.25) is 15.1 Å². The number of halogens is 3. The molecule has 1 aromatic rings. The Morgan fingerprint density at radius 1 is 1.69 bits per heavy atom. The zero-order valence-corrected chi connectivity index (χ0v) is 9.81. The molecule has 0 N–H and O–H groups in total. The van der Waals surface area contributed by atoms with Crippen molar-refractivity contribution in [3.63, 3.8) is 0 Å². The molecule has 16 heavy (non-hydrogen) atoms. The molecule has 1 heterocycles.